The van der Waals surface area contributed by atoms with Gasteiger partial charge in [0.25, 0.3) is 0 Å². The highest BCUT2D eigenvalue weighted by Crippen LogP contribution is 2.66. The molecular weight excluding hydrogens is 883 g/mol. The van der Waals surface area contributed by atoms with Gasteiger partial charge in [-0.3, -0.25) is 19.3 Å². The van der Waals surface area contributed by atoms with E-state index in [1.807, 2.05) is 77.7 Å². The molecule has 356 valence electrons. The fourth-order valence-electron chi connectivity index (χ4n) is 10.6. The summed E-state index contributed by atoms with van der Waals surface area (Å²) in [5.74, 6) is 4.01. The van der Waals surface area contributed by atoms with Gasteiger partial charge in [-0.25, -0.2) is 9.69 Å². The second-order valence-corrected chi connectivity index (χ2v) is 17.1. The van der Waals surface area contributed by atoms with Crippen LogP contribution in [0.2, 0.25) is 0 Å². The van der Waals surface area contributed by atoms with Crippen LogP contribution in [0.25, 0.3) is 0 Å². The molecule has 4 aliphatic heterocycles. The molecule has 4 heterocycles. The average Bonchev–Trinajstić information content (AvgIpc) is 3.84. The van der Waals surface area contributed by atoms with Gasteiger partial charge in [-0.2, -0.15) is 0 Å². The van der Waals surface area contributed by atoms with Gasteiger partial charge in [0.05, 0.1) is 57.7 Å². The van der Waals surface area contributed by atoms with Crippen molar-refractivity contribution < 1.29 is 57.8 Å². The number of esters is 1. The zero-order chi connectivity index (χ0) is 48.2. The first-order valence-electron chi connectivity index (χ1n) is 22.9. The number of nitrogens with zero attached hydrogens (tertiary/aromatic N) is 3. The molecule has 69 heavy (non-hydrogen) atoms. The number of benzene rings is 5. The van der Waals surface area contributed by atoms with Crippen molar-refractivity contribution in [3.05, 3.63) is 154 Å². The number of cyclic esters (lactones) is 1. The second-order valence-electron chi connectivity index (χ2n) is 17.1. The van der Waals surface area contributed by atoms with Crippen molar-refractivity contribution in [3.8, 4) is 29.1 Å². The normalized spacial score (nSPS) is 22.5. The predicted octanol–water partition coefficient (Wildman–Crippen LogP) is 5.84. The number of carbonyl (C=O) groups is 4. The quantitative estimate of drug-likeness (QED) is 0.0820. The molecule has 5 aromatic rings. The highest BCUT2D eigenvalue weighted by molar-refractivity contribution is 6.23. The number of aliphatic hydroxyl groups excluding tert-OH is 2. The van der Waals surface area contributed by atoms with Crippen molar-refractivity contribution in [1.29, 1.82) is 0 Å². The largest absolute Gasteiger partial charge is 0.493 e. The van der Waals surface area contributed by atoms with E-state index in [1.165, 1.54) is 14.2 Å². The van der Waals surface area contributed by atoms with Crippen molar-refractivity contribution >= 4 is 29.6 Å². The van der Waals surface area contributed by atoms with Crippen molar-refractivity contribution in [2.45, 2.75) is 49.0 Å². The Balaban J connectivity index is 1.34. The molecule has 0 aromatic heterocycles. The lowest BCUT2D eigenvalue weighted by atomic mass is 9.64. The molecule has 3 amide bonds. The summed E-state index contributed by atoms with van der Waals surface area (Å²) in [6.07, 6.45) is -1.32. The number of morpholine rings is 1. The summed E-state index contributed by atoms with van der Waals surface area (Å²) in [4.78, 5) is 67.6. The molecule has 15 nitrogen and oxygen atoms in total. The Morgan fingerprint density at radius 2 is 1.46 bits per heavy atom. The zero-order valence-electron chi connectivity index (χ0n) is 38.5. The van der Waals surface area contributed by atoms with E-state index in [9.17, 15) is 15.0 Å². The summed E-state index contributed by atoms with van der Waals surface area (Å²) in [5, 5.41) is 19.3. The van der Waals surface area contributed by atoms with E-state index >= 15 is 14.4 Å². The molecule has 0 aliphatic carbocycles. The third-order valence-electron chi connectivity index (χ3n) is 13.5. The maximum absolute atomic E-state index is 16.5. The van der Waals surface area contributed by atoms with Gasteiger partial charge in [0.15, 0.2) is 11.5 Å². The van der Waals surface area contributed by atoms with E-state index in [0.717, 1.165) is 21.6 Å². The SMILES string of the molecule is COCCOC(=O)N1C(=O)[C@@]2(c3cc(C#CCCO)ccc31)[C@H](c1ccc(OCCO)cc1)N1[C@H](c3ccccc3)[C@H](c3ccccc3)OC(=O)[C@H]1[C@@H]2C(=O)N1CCc2cc(OC)c(OC)cc2C1. The first kappa shape index (κ1) is 46.9. The Morgan fingerprint density at radius 1 is 0.768 bits per heavy atom. The summed E-state index contributed by atoms with van der Waals surface area (Å²) < 4.78 is 34.7. The second kappa shape index (κ2) is 20.2. The first-order chi connectivity index (χ1) is 33.7. The van der Waals surface area contributed by atoms with Crippen molar-refractivity contribution in [3.63, 3.8) is 0 Å². The van der Waals surface area contributed by atoms with Crippen LogP contribution >= 0.6 is 0 Å². The molecule has 5 aromatic carbocycles. The average molecular weight is 936 g/mol. The summed E-state index contributed by atoms with van der Waals surface area (Å²) in [5.41, 5.74) is 2.55. The molecule has 2 saturated heterocycles. The van der Waals surface area contributed by atoms with Crippen LogP contribution in [0.1, 0.15) is 63.6 Å². The Hall–Kier alpha value is -7.22. The molecule has 4 aliphatic rings. The molecule has 2 fully saturated rings. The summed E-state index contributed by atoms with van der Waals surface area (Å²) in [7, 11) is 4.56. The molecule has 1 spiro atoms. The highest BCUT2D eigenvalue weighted by atomic mass is 16.6. The van der Waals surface area contributed by atoms with Crippen molar-refractivity contribution in [1.82, 2.24) is 9.80 Å². The number of rotatable bonds is 13. The molecule has 0 unspecified atom stereocenters. The van der Waals surface area contributed by atoms with E-state index in [0.29, 0.717) is 40.4 Å². The van der Waals surface area contributed by atoms with E-state index in [1.54, 1.807) is 54.5 Å². The van der Waals surface area contributed by atoms with E-state index in [-0.39, 0.29) is 63.8 Å². The minimum absolute atomic E-state index is 0.0296. The Bertz CT molecular complexity index is 2780. The number of fused-ring (bicyclic) bond motifs is 4. The zero-order valence-corrected chi connectivity index (χ0v) is 38.5. The summed E-state index contributed by atoms with van der Waals surface area (Å²) in [6, 6.07) is 31.3. The van der Waals surface area contributed by atoms with Crippen LogP contribution in [0, 0.1) is 17.8 Å². The maximum atomic E-state index is 16.5. The molecule has 0 radical (unpaired) electrons. The highest BCUT2D eigenvalue weighted by Gasteiger charge is 2.76. The predicted molar refractivity (Wildman–Crippen MR) is 251 cm³/mol. The van der Waals surface area contributed by atoms with Gasteiger partial charge in [-0.05, 0) is 82.3 Å². The van der Waals surface area contributed by atoms with Gasteiger partial charge in [0.2, 0.25) is 11.8 Å². The first-order valence-corrected chi connectivity index (χ1v) is 22.9. The lowest BCUT2D eigenvalue weighted by molar-refractivity contribution is -0.179. The number of aliphatic hydroxyl groups is 2. The number of hydrogen-bond donors (Lipinski definition) is 2. The fourth-order valence-corrected chi connectivity index (χ4v) is 10.6. The Morgan fingerprint density at radius 3 is 2.13 bits per heavy atom. The third-order valence-corrected chi connectivity index (χ3v) is 13.5. The number of methoxy groups -OCH3 is 3. The van der Waals surface area contributed by atoms with Crippen LogP contribution in [0.4, 0.5) is 10.5 Å². The number of amides is 3. The minimum atomic E-state index is -2.05. The van der Waals surface area contributed by atoms with Crippen LogP contribution in [0.3, 0.4) is 0 Å². The van der Waals surface area contributed by atoms with Crippen LogP contribution in [0.5, 0.6) is 17.2 Å². The number of anilines is 1. The van der Waals surface area contributed by atoms with Gasteiger partial charge in [0.1, 0.15) is 36.5 Å². The maximum Gasteiger partial charge on any atom is 0.421 e. The van der Waals surface area contributed by atoms with E-state index in [4.69, 9.17) is 28.4 Å². The molecule has 0 bridgehead atoms. The van der Waals surface area contributed by atoms with Gasteiger partial charge in [0, 0.05) is 32.2 Å². The minimum Gasteiger partial charge on any atom is -0.493 e. The van der Waals surface area contributed by atoms with E-state index in [2.05, 4.69) is 11.8 Å². The molecular formula is C54H53N3O12. The molecule has 15 heteroatoms. The van der Waals surface area contributed by atoms with Gasteiger partial charge in [-0.1, -0.05) is 84.6 Å². The van der Waals surface area contributed by atoms with Crippen LogP contribution in [-0.2, 0) is 47.0 Å². The van der Waals surface area contributed by atoms with Crippen LogP contribution in [-0.4, -0.2) is 111 Å². The van der Waals surface area contributed by atoms with E-state index < -0.39 is 59.4 Å². The van der Waals surface area contributed by atoms with Crippen LogP contribution < -0.4 is 19.1 Å². The molecule has 2 N–H and O–H groups in total. The monoisotopic (exact) mass is 935 g/mol. The van der Waals surface area contributed by atoms with Crippen LogP contribution in [0.15, 0.2) is 115 Å². The third kappa shape index (κ3) is 8.33. The standard InChI is InChI=1S/C54H53N3O12/c1-64-28-29-68-53(63)56-42-22-17-34(12-10-11-25-58)30-41(42)54(52(56)62)45(50(60)55-24-23-38-31-43(65-2)44(66-3)32-39(38)33-55)47-51(61)69-48(36-15-8-5-9-16-36)46(35-13-6-4-7-14-35)57(47)49(54)37-18-20-40(21-19-37)67-27-26-59/h4-9,13-22,30-32,45-49,58-59H,11,23-29,33H2,1-3H3/t45-,46-,47-,48+,49+,54-/m1/s1. The van der Waals surface area contributed by atoms with Crippen molar-refractivity contribution in [2.75, 3.05) is 65.8 Å². The lowest BCUT2D eigenvalue weighted by Gasteiger charge is -2.46. The number of hydrogen-bond acceptors (Lipinski definition) is 13. The van der Waals surface area contributed by atoms with Gasteiger partial charge < -0.3 is 43.5 Å². The lowest BCUT2D eigenvalue weighted by Crippen LogP contribution is -2.57. The smallest absolute Gasteiger partial charge is 0.421 e. The molecule has 0 saturated carbocycles. The van der Waals surface area contributed by atoms with Crippen molar-refractivity contribution in [2.24, 2.45) is 5.92 Å². The number of carbonyl (C=O) groups excluding carboxylic acids is 4. The summed E-state index contributed by atoms with van der Waals surface area (Å²) >= 11 is 0. The number of ether oxygens (including phenoxy) is 6. The molecule has 9 rings (SSSR count). The fraction of sp³-hybridized carbons (Fsp3) is 0.333. The topological polar surface area (TPSA) is 174 Å². The Labute approximate surface area is 400 Å². The van der Waals surface area contributed by atoms with Gasteiger partial charge in [-0.15, -0.1) is 0 Å². The van der Waals surface area contributed by atoms with Gasteiger partial charge >= 0.3 is 12.1 Å². The summed E-state index contributed by atoms with van der Waals surface area (Å²) in [6.45, 7) is -0.169. The number of imide groups is 1. The molecule has 6 atom stereocenters. The Kier molecular flexibility index (Phi) is 13.7.